The van der Waals surface area contributed by atoms with Gasteiger partial charge in [0.05, 0.1) is 18.2 Å². The van der Waals surface area contributed by atoms with E-state index in [1.807, 2.05) is 24.3 Å². The topological polar surface area (TPSA) is 100 Å². The highest BCUT2D eigenvalue weighted by Gasteiger charge is 2.44. The second-order valence-corrected chi connectivity index (χ2v) is 10.1. The minimum Gasteiger partial charge on any atom is -0.508 e. The molecule has 1 aliphatic heterocycles. The number of ketones is 1. The van der Waals surface area contributed by atoms with Gasteiger partial charge in [-0.3, -0.25) is 9.59 Å². The molecule has 1 unspecified atom stereocenters. The second-order valence-electron chi connectivity index (χ2n) is 9.66. The zero-order chi connectivity index (χ0) is 27.0. The Hall–Kier alpha value is -4.23. The van der Waals surface area contributed by atoms with E-state index in [0.29, 0.717) is 39.8 Å². The van der Waals surface area contributed by atoms with Crippen molar-refractivity contribution in [1.82, 2.24) is 4.90 Å². The van der Waals surface area contributed by atoms with Crippen LogP contribution in [-0.4, -0.2) is 33.4 Å². The molecular weight excluding hydrogens is 506 g/mol. The Kier molecular flexibility index (Phi) is 6.87. The number of phenolic OH excluding ortho intramolecular Hbond substituents is 1. The Morgan fingerprint density at radius 1 is 1.03 bits per heavy atom. The van der Waals surface area contributed by atoms with Crippen molar-refractivity contribution < 1.29 is 29.0 Å². The fraction of sp³-hybridized carbons (Fsp3) is 0.200. The third-order valence-electron chi connectivity index (χ3n) is 6.32. The van der Waals surface area contributed by atoms with Gasteiger partial charge in [-0.05, 0) is 65.6 Å². The summed E-state index contributed by atoms with van der Waals surface area (Å²) in [6.07, 6.45) is 0. The monoisotopic (exact) mass is 531 g/mol. The van der Waals surface area contributed by atoms with E-state index in [0.717, 1.165) is 5.56 Å². The normalized spacial score (nSPS) is 15.6. The van der Waals surface area contributed by atoms with Gasteiger partial charge >= 0.3 is 0 Å². The molecule has 0 spiro atoms. The fourth-order valence-electron chi connectivity index (χ4n) is 4.46. The maximum Gasteiger partial charge on any atom is 0.290 e. The molecule has 0 bridgehead atoms. The summed E-state index contributed by atoms with van der Waals surface area (Å²) in [6.45, 7) is 4.85. The number of fused-ring (bicyclic) bond motifs is 1. The minimum absolute atomic E-state index is 0.0195. The lowest BCUT2D eigenvalue weighted by Crippen LogP contribution is -2.30. The Morgan fingerprint density at radius 2 is 1.74 bits per heavy atom. The third-order valence-corrected chi connectivity index (χ3v) is 6.55. The molecule has 5 rings (SSSR count). The number of benzene rings is 3. The summed E-state index contributed by atoms with van der Waals surface area (Å²) in [5, 5.41) is 21.9. The number of carbonyl (C=O) groups is 2. The molecule has 0 aliphatic carbocycles. The van der Waals surface area contributed by atoms with Gasteiger partial charge in [-0.15, -0.1) is 0 Å². The van der Waals surface area contributed by atoms with Crippen LogP contribution in [0, 0.1) is 5.92 Å². The van der Waals surface area contributed by atoms with Gasteiger partial charge in [-0.1, -0.05) is 49.7 Å². The van der Waals surface area contributed by atoms with Crippen molar-refractivity contribution in [3.8, 4) is 11.5 Å². The van der Waals surface area contributed by atoms with E-state index >= 15 is 0 Å². The molecule has 1 aromatic heterocycles. The lowest BCUT2D eigenvalue weighted by atomic mass is 9.94. The fourth-order valence-corrected chi connectivity index (χ4v) is 4.64. The summed E-state index contributed by atoms with van der Waals surface area (Å²) in [7, 11) is 0. The van der Waals surface area contributed by atoms with Gasteiger partial charge < -0.3 is 24.3 Å². The zero-order valence-corrected chi connectivity index (χ0v) is 21.6. The lowest BCUT2D eigenvalue weighted by molar-refractivity contribution is -0.130. The number of amides is 1. The molecule has 4 aromatic rings. The number of ether oxygens (including phenoxy) is 1. The molecule has 0 saturated heterocycles. The maximum absolute atomic E-state index is 13.7. The summed E-state index contributed by atoms with van der Waals surface area (Å²) in [5.74, 6) is -0.801. The number of aromatic hydroxyl groups is 1. The van der Waals surface area contributed by atoms with Crippen LogP contribution in [0.3, 0.4) is 0 Å². The van der Waals surface area contributed by atoms with Crippen LogP contribution in [0.1, 0.15) is 41.6 Å². The largest absolute Gasteiger partial charge is 0.508 e. The average molecular weight is 532 g/mol. The van der Waals surface area contributed by atoms with Gasteiger partial charge in [0.2, 0.25) is 5.78 Å². The molecule has 8 heteroatoms. The van der Waals surface area contributed by atoms with E-state index in [1.54, 1.807) is 36.4 Å². The number of aliphatic hydroxyl groups excluding tert-OH is 1. The average Bonchev–Trinajstić information content (AvgIpc) is 3.42. The van der Waals surface area contributed by atoms with Crippen LogP contribution in [0.4, 0.5) is 0 Å². The quantitative estimate of drug-likeness (QED) is 0.248. The zero-order valence-electron chi connectivity index (χ0n) is 20.8. The van der Waals surface area contributed by atoms with E-state index in [1.165, 1.54) is 17.0 Å². The highest BCUT2D eigenvalue weighted by atomic mass is 35.5. The number of phenols is 1. The van der Waals surface area contributed by atoms with Crippen LogP contribution in [0.5, 0.6) is 11.5 Å². The standard InChI is InChI=1S/C30H26ClNO6/c1-17(2)16-37-23-10-3-18(4-11-23)15-32-27(19-5-8-22(33)9-6-19)26(29(35)30(32)36)28(34)25-14-20-13-21(31)7-12-24(20)38-25/h3-14,17,27,33,35H,15-16H2,1-2H3. The number of Topliss-reactive ketones (excluding diaryl/α,β-unsaturated/α-hetero) is 1. The molecule has 0 saturated carbocycles. The van der Waals surface area contributed by atoms with E-state index in [-0.39, 0.29) is 23.6 Å². The number of rotatable bonds is 8. The molecule has 0 radical (unpaired) electrons. The second kappa shape index (κ2) is 10.3. The minimum atomic E-state index is -0.899. The van der Waals surface area contributed by atoms with E-state index < -0.39 is 23.5 Å². The van der Waals surface area contributed by atoms with Crippen molar-refractivity contribution in [2.75, 3.05) is 6.61 Å². The molecule has 0 fully saturated rings. The van der Waals surface area contributed by atoms with Crippen molar-refractivity contribution >= 4 is 34.3 Å². The summed E-state index contributed by atoms with van der Waals surface area (Å²) in [5.41, 5.74) is 1.71. The van der Waals surface area contributed by atoms with E-state index in [9.17, 15) is 19.8 Å². The van der Waals surface area contributed by atoms with Crippen LogP contribution >= 0.6 is 11.6 Å². The van der Waals surface area contributed by atoms with Crippen molar-refractivity contribution in [3.63, 3.8) is 0 Å². The van der Waals surface area contributed by atoms with Crippen LogP contribution in [0.25, 0.3) is 11.0 Å². The summed E-state index contributed by atoms with van der Waals surface area (Å²) < 4.78 is 11.5. The number of furan rings is 1. The molecular formula is C30H26ClNO6. The summed E-state index contributed by atoms with van der Waals surface area (Å²) in [6, 6.07) is 19.1. The predicted molar refractivity (Wildman–Crippen MR) is 143 cm³/mol. The number of hydrogen-bond acceptors (Lipinski definition) is 6. The molecule has 7 nitrogen and oxygen atoms in total. The molecule has 1 aliphatic rings. The highest BCUT2D eigenvalue weighted by molar-refractivity contribution is 6.31. The first-order chi connectivity index (χ1) is 18.2. The Balaban J connectivity index is 1.49. The summed E-state index contributed by atoms with van der Waals surface area (Å²) >= 11 is 6.07. The Bertz CT molecular complexity index is 1540. The van der Waals surface area contributed by atoms with E-state index in [2.05, 4.69) is 13.8 Å². The van der Waals surface area contributed by atoms with Gasteiger partial charge in [-0.2, -0.15) is 0 Å². The first-order valence-corrected chi connectivity index (χ1v) is 12.6. The smallest absolute Gasteiger partial charge is 0.290 e. The van der Waals surface area contributed by atoms with Crippen molar-refractivity contribution in [2.24, 2.45) is 5.92 Å². The number of aliphatic hydroxyl groups is 1. The van der Waals surface area contributed by atoms with Crippen LogP contribution in [-0.2, 0) is 11.3 Å². The Labute approximate surface area is 224 Å². The number of nitrogens with zero attached hydrogens (tertiary/aromatic N) is 1. The van der Waals surface area contributed by atoms with Crippen LogP contribution in [0.2, 0.25) is 5.02 Å². The highest BCUT2D eigenvalue weighted by Crippen LogP contribution is 2.41. The lowest BCUT2D eigenvalue weighted by Gasteiger charge is -2.27. The van der Waals surface area contributed by atoms with Gasteiger partial charge in [0.1, 0.15) is 17.1 Å². The van der Waals surface area contributed by atoms with Crippen molar-refractivity contribution in [2.45, 2.75) is 26.4 Å². The van der Waals surface area contributed by atoms with Gasteiger partial charge in [0.15, 0.2) is 11.5 Å². The molecule has 1 atom stereocenters. The first kappa shape index (κ1) is 25.4. The number of halogens is 1. The third kappa shape index (κ3) is 4.97. The molecule has 38 heavy (non-hydrogen) atoms. The number of hydrogen-bond donors (Lipinski definition) is 2. The van der Waals surface area contributed by atoms with Crippen molar-refractivity contribution in [1.29, 1.82) is 0 Å². The maximum atomic E-state index is 13.7. The predicted octanol–water partition coefficient (Wildman–Crippen LogP) is 6.61. The Morgan fingerprint density at radius 3 is 2.42 bits per heavy atom. The van der Waals surface area contributed by atoms with E-state index in [4.69, 9.17) is 20.8 Å². The first-order valence-electron chi connectivity index (χ1n) is 12.2. The van der Waals surface area contributed by atoms with Crippen molar-refractivity contribution in [3.05, 3.63) is 106 Å². The van der Waals surface area contributed by atoms with Gasteiger partial charge in [0.25, 0.3) is 5.91 Å². The SMILES string of the molecule is CC(C)COc1ccc(CN2C(=O)C(O)=C(C(=O)c3cc4cc(Cl)ccc4o3)C2c2ccc(O)cc2)cc1. The molecule has 2 N–H and O–H groups in total. The van der Waals surface area contributed by atoms with Crippen LogP contribution < -0.4 is 4.74 Å². The molecule has 3 aromatic carbocycles. The van der Waals surface area contributed by atoms with Gasteiger partial charge in [0, 0.05) is 17.0 Å². The molecule has 2 heterocycles. The molecule has 194 valence electrons. The van der Waals surface area contributed by atoms with Gasteiger partial charge in [-0.25, -0.2) is 0 Å². The molecule has 1 amide bonds. The summed E-state index contributed by atoms with van der Waals surface area (Å²) in [4.78, 5) is 28.4. The number of carbonyl (C=O) groups excluding carboxylic acids is 2. The van der Waals surface area contributed by atoms with Crippen LogP contribution in [0.15, 0.2) is 88.5 Å².